The average molecular weight is 186 g/mol. The van der Waals surface area contributed by atoms with Crippen LogP contribution in [0.4, 0.5) is 0 Å². The molecule has 0 heterocycles. The molecule has 0 bridgehead atoms. The Kier molecular flexibility index (Phi) is 3.60. The summed E-state index contributed by atoms with van der Waals surface area (Å²) in [5.74, 6) is 0. The fraction of sp³-hybridized carbons (Fsp3) is 0.143. The van der Waals surface area contributed by atoms with Crippen LogP contribution in [0, 0.1) is 0 Å². The highest BCUT2D eigenvalue weighted by Gasteiger charge is 2.02. The van der Waals surface area contributed by atoms with Crippen molar-refractivity contribution < 1.29 is 4.52 Å². The summed E-state index contributed by atoms with van der Waals surface area (Å²) in [5, 5.41) is 0. The van der Waals surface area contributed by atoms with Gasteiger partial charge in [0.15, 0.2) is 0 Å². The first-order valence-corrected chi connectivity index (χ1v) is 5.52. The maximum absolute atomic E-state index is 5.30. The zero-order valence-electron chi connectivity index (χ0n) is 5.93. The lowest BCUT2D eigenvalue weighted by Crippen LogP contribution is -1.88. The molecule has 1 aromatic rings. The van der Waals surface area contributed by atoms with Crippen molar-refractivity contribution in [3.63, 3.8) is 0 Å². The van der Waals surface area contributed by atoms with Gasteiger partial charge in [0.1, 0.15) is 6.61 Å². The molecule has 0 saturated carbocycles. The van der Waals surface area contributed by atoms with Gasteiger partial charge in [-0.1, -0.05) is 30.3 Å². The van der Waals surface area contributed by atoms with E-state index in [1.54, 1.807) is 0 Å². The Morgan fingerprint density at radius 2 is 2.00 bits per heavy atom. The molecule has 11 heavy (non-hydrogen) atoms. The van der Waals surface area contributed by atoms with Crippen LogP contribution in [0.5, 0.6) is 0 Å². The van der Waals surface area contributed by atoms with Crippen LogP contribution < -0.4 is 5.50 Å². The van der Waals surface area contributed by atoms with Gasteiger partial charge in [-0.2, -0.15) is 0 Å². The van der Waals surface area contributed by atoms with Gasteiger partial charge in [0.25, 0.3) is 0 Å². The molecule has 0 aromatic heterocycles. The van der Waals surface area contributed by atoms with Crippen LogP contribution in [-0.2, 0) is 22.9 Å². The van der Waals surface area contributed by atoms with Crippen molar-refractivity contribution in [2.24, 2.45) is 5.50 Å². The molecule has 0 spiro atoms. The number of benzene rings is 1. The van der Waals surface area contributed by atoms with Gasteiger partial charge in [0.2, 0.25) is 11.8 Å². The van der Waals surface area contributed by atoms with E-state index in [1.807, 2.05) is 30.3 Å². The van der Waals surface area contributed by atoms with Gasteiger partial charge in [-0.25, -0.2) is 0 Å². The van der Waals surface area contributed by atoms with Gasteiger partial charge in [0.05, 0.1) is 0 Å². The molecule has 0 radical (unpaired) electrons. The first kappa shape index (κ1) is 8.75. The number of hydrogen-bond acceptors (Lipinski definition) is 2. The highest BCUT2D eigenvalue weighted by molar-refractivity contribution is 8.01. The van der Waals surface area contributed by atoms with Gasteiger partial charge in [-0.05, 0) is 5.56 Å². The summed E-state index contributed by atoms with van der Waals surface area (Å²) in [7, 11) is -1.14. The standard InChI is InChI=1S/C7H9NOPS/c8-10(11)9-6-7-4-2-1-3-5-7/h1-5H,6H2,(H2,8,11)/q+1. The highest BCUT2D eigenvalue weighted by atomic mass is 32.4. The van der Waals surface area contributed by atoms with Gasteiger partial charge in [-0.3, -0.25) is 0 Å². The highest BCUT2D eigenvalue weighted by Crippen LogP contribution is 2.13. The first-order valence-electron chi connectivity index (χ1n) is 3.18. The Bertz CT molecular complexity index is 239. The second-order valence-corrected chi connectivity index (χ2v) is 3.95. The Labute approximate surface area is 71.9 Å². The fourth-order valence-corrected chi connectivity index (χ4v) is 1.15. The molecular weight excluding hydrogens is 177 g/mol. The van der Waals surface area contributed by atoms with Gasteiger partial charge < -0.3 is 0 Å². The number of hydrogen-bond donors (Lipinski definition) is 1. The SMILES string of the molecule is N[P+](=S)OCc1ccccc1. The monoisotopic (exact) mass is 186 g/mol. The summed E-state index contributed by atoms with van der Waals surface area (Å²) >= 11 is 4.70. The van der Waals surface area contributed by atoms with Crippen molar-refractivity contribution in [2.75, 3.05) is 0 Å². The van der Waals surface area contributed by atoms with E-state index in [-0.39, 0.29) is 0 Å². The summed E-state index contributed by atoms with van der Waals surface area (Å²) in [5.41, 5.74) is 6.40. The molecule has 0 amide bonds. The van der Waals surface area contributed by atoms with Crippen molar-refractivity contribution in [2.45, 2.75) is 6.61 Å². The predicted octanol–water partition coefficient (Wildman–Crippen LogP) is 1.94. The molecule has 0 aliphatic carbocycles. The molecular formula is C7H9NOPS+. The van der Waals surface area contributed by atoms with E-state index in [9.17, 15) is 0 Å². The molecule has 1 aromatic carbocycles. The lowest BCUT2D eigenvalue weighted by Gasteiger charge is -1.92. The third-order valence-electron chi connectivity index (χ3n) is 1.20. The van der Waals surface area contributed by atoms with Crippen molar-refractivity contribution >= 4 is 18.9 Å². The minimum atomic E-state index is -1.14. The fourth-order valence-electron chi connectivity index (χ4n) is 0.712. The lowest BCUT2D eigenvalue weighted by molar-refractivity contribution is 0.351. The molecule has 0 aliphatic heterocycles. The minimum absolute atomic E-state index is 0.520. The van der Waals surface area contributed by atoms with Crippen molar-refractivity contribution in [1.82, 2.24) is 0 Å². The van der Waals surface area contributed by atoms with Crippen LogP contribution in [0.3, 0.4) is 0 Å². The van der Waals surface area contributed by atoms with E-state index >= 15 is 0 Å². The van der Waals surface area contributed by atoms with Crippen molar-refractivity contribution in [3.8, 4) is 0 Å². The Balaban J connectivity index is 2.45. The summed E-state index contributed by atoms with van der Waals surface area (Å²) in [4.78, 5) is 0. The maximum Gasteiger partial charge on any atom is 0.437 e. The molecule has 4 heteroatoms. The maximum atomic E-state index is 5.30. The Hall–Kier alpha value is -0.340. The zero-order valence-corrected chi connectivity index (χ0v) is 7.65. The summed E-state index contributed by atoms with van der Waals surface area (Å²) in [6.45, 7) is 0.520. The lowest BCUT2D eigenvalue weighted by atomic mass is 10.2. The van der Waals surface area contributed by atoms with Gasteiger partial charge >= 0.3 is 7.07 Å². The molecule has 0 fully saturated rings. The first-order chi connectivity index (χ1) is 5.29. The van der Waals surface area contributed by atoms with E-state index in [4.69, 9.17) is 21.8 Å². The largest absolute Gasteiger partial charge is 0.437 e. The smallest absolute Gasteiger partial charge is 0.148 e. The molecule has 58 valence electrons. The van der Waals surface area contributed by atoms with Crippen LogP contribution >= 0.6 is 7.07 Å². The molecule has 2 nitrogen and oxygen atoms in total. The topological polar surface area (TPSA) is 35.2 Å². The van der Waals surface area contributed by atoms with E-state index < -0.39 is 7.07 Å². The summed E-state index contributed by atoms with van der Waals surface area (Å²) in [6.07, 6.45) is 0. The van der Waals surface area contributed by atoms with E-state index in [0.717, 1.165) is 5.56 Å². The van der Waals surface area contributed by atoms with Crippen LogP contribution in [0.2, 0.25) is 0 Å². The molecule has 1 rings (SSSR count). The molecule has 0 aliphatic rings. The number of nitrogens with two attached hydrogens (primary N) is 1. The summed E-state index contributed by atoms with van der Waals surface area (Å²) in [6, 6.07) is 9.84. The third kappa shape index (κ3) is 3.54. The molecule has 1 unspecified atom stereocenters. The normalized spacial score (nSPS) is 11.2. The molecule has 2 N–H and O–H groups in total. The quantitative estimate of drug-likeness (QED) is 0.732. The molecule has 1 atom stereocenters. The van der Waals surface area contributed by atoms with E-state index in [1.165, 1.54) is 0 Å². The predicted molar refractivity (Wildman–Crippen MR) is 49.7 cm³/mol. The van der Waals surface area contributed by atoms with Crippen LogP contribution in [0.25, 0.3) is 0 Å². The Morgan fingerprint density at radius 3 is 2.55 bits per heavy atom. The third-order valence-corrected chi connectivity index (χ3v) is 1.90. The van der Waals surface area contributed by atoms with E-state index in [2.05, 4.69) is 0 Å². The molecule has 0 saturated heterocycles. The second-order valence-electron chi connectivity index (χ2n) is 2.04. The van der Waals surface area contributed by atoms with Gasteiger partial charge in [-0.15, -0.1) is 10.0 Å². The summed E-state index contributed by atoms with van der Waals surface area (Å²) < 4.78 is 5.09. The second kappa shape index (κ2) is 4.52. The number of rotatable bonds is 3. The minimum Gasteiger partial charge on any atom is -0.148 e. The average Bonchev–Trinajstić information content (AvgIpc) is 2.03. The van der Waals surface area contributed by atoms with Crippen LogP contribution in [-0.4, -0.2) is 0 Å². The van der Waals surface area contributed by atoms with Crippen LogP contribution in [0.15, 0.2) is 30.3 Å². The van der Waals surface area contributed by atoms with Crippen molar-refractivity contribution in [1.29, 1.82) is 0 Å². The van der Waals surface area contributed by atoms with E-state index in [0.29, 0.717) is 6.61 Å². The zero-order chi connectivity index (χ0) is 8.10. The Morgan fingerprint density at radius 1 is 1.36 bits per heavy atom. The van der Waals surface area contributed by atoms with Crippen molar-refractivity contribution in [3.05, 3.63) is 35.9 Å². The van der Waals surface area contributed by atoms with Gasteiger partial charge in [0, 0.05) is 0 Å². The van der Waals surface area contributed by atoms with Crippen LogP contribution in [0.1, 0.15) is 5.56 Å².